The zero-order chi connectivity index (χ0) is 15.2. The van der Waals surface area contributed by atoms with Crippen LogP contribution >= 0.6 is 11.6 Å². The number of hydrogen-bond donors (Lipinski definition) is 1. The van der Waals surface area contributed by atoms with Crippen molar-refractivity contribution in [1.29, 1.82) is 0 Å². The summed E-state index contributed by atoms with van der Waals surface area (Å²) in [6.07, 6.45) is 8.36. The molecule has 1 unspecified atom stereocenters. The summed E-state index contributed by atoms with van der Waals surface area (Å²) in [5.41, 5.74) is 0.531. The molecule has 1 nitrogen and oxygen atoms in total. The van der Waals surface area contributed by atoms with E-state index in [0.717, 1.165) is 18.8 Å². The van der Waals surface area contributed by atoms with E-state index in [-0.39, 0.29) is 5.82 Å². The fourth-order valence-corrected chi connectivity index (χ4v) is 3.64. The molecule has 0 heterocycles. The third kappa shape index (κ3) is 4.96. The molecule has 0 aliphatic heterocycles. The molecule has 1 N–H and O–H groups in total. The van der Waals surface area contributed by atoms with Crippen LogP contribution in [0.5, 0.6) is 0 Å². The zero-order valence-corrected chi connectivity index (χ0v) is 13.6. The summed E-state index contributed by atoms with van der Waals surface area (Å²) in [5, 5.41) is 10.9. The lowest BCUT2D eigenvalue weighted by Crippen LogP contribution is -2.27. The lowest BCUT2D eigenvalue weighted by molar-refractivity contribution is 0.0719. The molecule has 1 aromatic rings. The molecule has 118 valence electrons. The molecular weight excluding hydrogens is 287 g/mol. The summed E-state index contributed by atoms with van der Waals surface area (Å²) in [4.78, 5) is 0. The first-order valence-corrected chi connectivity index (χ1v) is 8.60. The molecule has 1 atom stereocenters. The third-order valence-corrected chi connectivity index (χ3v) is 5.07. The van der Waals surface area contributed by atoms with Crippen LogP contribution in [0, 0.1) is 17.7 Å². The first-order valence-electron chi connectivity index (χ1n) is 8.22. The maximum Gasteiger partial charge on any atom is 0.126 e. The number of benzene rings is 1. The van der Waals surface area contributed by atoms with Crippen molar-refractivity contribution in [1.82, 2.24) is 0 Å². The Kier molecular flexibility index (Phi) is 6.50. The lowest BCUT2D eigenvalue weighted by atomic mass is 9.76. The highest BCUT2D eigenvalue weighted by Gasteiger charge is 2.26. The maximum absolute atomic E-state index is 13.7. The topological polar surface area (TPSA) is 20.2 Å². The minimum absolute atomic E-state index is 0.268. The van der Waals surface area contributed by atoms with E-state index in [0.29, 0.717) is 22.9 Å². The molecule has 0 aromatic heterocycles. The van der Waals surface area contributed by atoms with Crippen molar-refractivity contribution in [3.05, 3.63) is 34.6 Å². The van der Waals surface area contributed by atoms with Gasteiger partial charge in [0.05, 0.1) is 6.10 Å². The molecule has 0 spiro atoms. The summed E-state index contributed by atoms with van der Waals surface area (Å²) in [6, 6.07) is 4.56. The number of rotatable bonds is 6. The van der Waals surface area contributed by atoms with Crippen LogP contribution in [0.15, 0.2) is 18.2 Å². The van der Waals surface area contributed by atoms with E-state index in [4.69, 9.17) is 11.6 Å². The second kappa shape index (κ2) is 8.14. The Morgan fingerprint density at radius 3 is 2.67 bits per heavy atom. The standard InChI is InChI=1S/C18H26ClFO/c1-2-3-4-13-5-7-14(8-6-13)18(21)12-15-11-16(19)9-10-17(15)20/h9-11,13-14,18,21H,2-8,12H2,1H3. The lowest BCUT2D eigenvalue weighted by Gasteiger charge is -2.31. The summed E-state index contributed by atoms with van der Waals surface area (Å²) in [6.45, 7) is 2.23. The van der Waals surface area contributed by atoms with Crippen LogP contribution in [-0.2, 0) is 6.42 Å². The van der Waals surface area contributed by atoms with Crippen LogP contribution in [0.4, 0.5) is 4.39 Å². The molecule has 1 fully saturated rings. The molecule has 1 aromatic carbocycles. The van der Waals surface area contributed by atoms with Gasteiger partial charge in [0.15, 0.2) is 0 Å². The van der Waals surface area contributed by atoms with Gasteiger partial charge in [0.25, 0.3) is 0 Å². The van der Waals surface area contributed by atoms with Gasteiger partial charge in [0, 0.05) is 11.4 Å². The third-order valence-electron chi connectivity index (χ3n) is 4.84. The predicted molar refractivity (Wildman–Crippen MR) is 86.1 cm³/mol. The molecular formula is C18H26ClFO. The van der Waals surface area contributed by atoms with Crippen LogP contribution in [0.2, 0.25) is 5.02 Å². The van der Waals surface area contributed by atoms with Crippen LogP contribution < -0.4 is 0 Å². The number of aliphatic hydroxyl groups is 1. The van der Waals surface area contributed by atoms with E-state index in [1.807, 2.05) is 0 Å². The summed E-state index contributed by atoms with van der Waals surface area (Å²) in [5.74, 6) is 0.868. The Hall–Kier alpha value is -0.600. The van der Waals surface area contributed by atoms with Gasteiger partial charge in [-0.05, 0) is 48.4 Å². The average molecular weight is 313 g/mol. The van der Waals surface area contributed by atoms with Crippen LogP contribution in [-0.4, -0.2) is 11.2 Å². The Bertz CT molecular complexity index is 441. The van der Waals surface area contributed by atoms with Gasteiger partial charge in [-0.3, -0.25) is 0 Å². The second-order valence-electron chi connectivity index (χ2n) is 6.43. The minimum Gasteiger partial charge on any atom is -0.392 e. The van der Waals surface area contributed by atoms with Gasteiger partial charge in [-0.25, -0.2) is 4.39 Å². The highest BCUT2D eigenvalue weighted by Crippen LogP contribution is 2.34. The van der Waals surface area contributed by atoms with Crippen molar-refractivity contribution >= 4 is 11.6 Å². The monoisotopic (exact) mass is 312 g/mol. The van der Waals surface area contributed by atoms with Crippen LogP contribution in [0.3, 0.4) is 0 Å². The first kappa shape index (κ1) is 16.8. The molecule has 21 heavy (non-hydrogen) atoms. The van der Waals surface area contributed by atoms with Crippen molar-refractivity contribution in [3.8, 4) is 0 Å². The smallest absolute Gasteiger partial charge is 0.126 e. The predicted octanol–water partition coefficient (Wildman–Crippen LogP) is 5.38. The minimum atomic E-state index is -0.454. The molecule has 1 saturated carbocycles. The molecule has 1 aliphatic rings. The van der Waals surface area contributed by atoms with E-state index >= 15 is 0 Å². The highest BCUT2D eigenvalue weighted by atomic mass is 35.5. The fraction of sp³-hybridized carbons (Fsp3) is 0.667. The molecule has 1 aliphatic carbocycles. The number of unbranched alkanes of at least 4 members (excludes halogenated alkanes) is 1. The number of halogens is 2. The van der Waals surface area contributed by atoms with Crippen molar-refractivity contribution in [2.24, 2.45) is 11.8 Å². The van der Waals surface area contributed by atoms with Crippen molar-refractivity contribution in [3.63, 3.8) is 0 Å². The molecule has 0 amide bonds. The van der Waals surface area contributed by atoms with Gasteiger partial charge in [0.1, 0.15) is 5.82 Å². The molecule has 0 radical (unpaired) electrons. The molecule has 0 saturated heterocycles. The largest absolute Gasteiger partial charge is 0.392 e. The van der Waals surface area contributed by atoms with Gasteiger partial charge in [-0.1, -0.05) is 50.6 Å². The van der Waals surface area contributed by atoms with Gasteiger partial charge in [-0.2, -0.15) is 0 Å². The SMILES string of the molecule is CCCCC1CCC(C(O)Cc2cc(Cl)ccc2F)CC1. The van der Waals surface area contributed by atoms with Crippen molar-refractivity contribution in [2.75, 3.05) is 0 Å². The Morgan fingerprint density at radius 1 is 1.29 bits per heavy atom. The zero-order valence-electron chi connectivity index (χ0n) is 12.8. The Morgan fingerprint density at radius 2 is 2.00 bits per heavy atom. The summed E-state index contributed by atoms with van der Waals surface area (Å²) < 4.78 is 13.7. The van der Waals surface area contributed by atoms with Crippen molar-refractivity contribution in [2.45, 2.75) is 64.4 Å². The van der Waals surface area contributed by atoms with E-state index < -0.39 is 6.10 Å². The van der Waals surface area contributed by atoms with Gasteiger partial charge in [-0.15, -0.1) is 0 Å². The Labute approximate surface area is 132 Å². The van der Waals surface area contributed by atoms with E-state index in [1.165, 1.54) is 38.2 Å². The summed E-state index contributed by atoms with van der Waals surface area (Å²) in [7, 11) is 0. The normalized spacial score (nSPS) is 24.0. The highest BCUT2D eigenvalue weighted by molar-refractivity contribution is 6.30. The average Bonchev–Trinajstić information content (AvgIpc) is 2.49. The summed E-state index contributed by atoms with van der Waals surface area (Å²) >= 11 is 5.91. The maximum atomic E-state index is 13.7. The van der Waals surface area contributed by atoms with Gasteiger partial charge >= 0.3 is 0 Å². The van der Waals surface area contributed by atoms with E-state index in [2.05, 4.69) is 6.92 Å². The second-order valence-corrected chi connectivity index (χ2v) is 6.87. The van der Waals surface area contributed by atoms with Crippen molar-refractivity contribution < 1.29 is 9.50 Å². The molecule has 0 bridgehead atoms. The number of hydrogen-bond acceptors (Lipinski definition) is 1. The van der Waals surface area contributed by atoms with Crippen LogP contribution in [0.1, 0.15) is 57.4 Å². The van der Waals surface area contributed by atoms with E-state index in [1.54, 1.807) is 12.1 Å². The molecule has 2 rings (SSSR count). The van der Waals surface area contributed by atoms with Crippen LogP contribution in [0.25, 0.3) is 0 Å². The van der Waals surface area contributed by atoms with Gasteiger partial charge < -0.3 is 5.11 Å². The molecule has 3 heteroatoms. The number of aliphatic hydroxyl groups excluding tert-OH is 1. The first-order chi connectivity index (χ1) is 10.1. The fourth-order valence-electron chi connectivity index (χ4n) is 3.45. The van der Waals surface area contributed by atoms with Gasteiger partial charge in [0.2, 0.25) is 0 Å². The quantitative estimate of drug-likeness (QED) is 0.747. The Balaban J connectivity index is 1.84. The van der Waals surface area contributed by atoms with E-state index in [9.17, 15) is 9.50 Å².